The third-order valence-corrected chi connectivity index (χ3v) is 4.32. The summed E-state index contributed by atoms with van der Waals surface area (Å²) in [4.78, 5) is 36.7. The van der Waals surface area contributed by atoms with Crippen LogP contribution in [0.25, 0.3) is 0 Å². The second kappa shape index (κ2) is 10.4. The molecule has 2 amide bonds. The fourth-order valence-electron chi connectivity index (χ4n) is 2.61. The van der Waals surface area contributed by atoms with E-state index in [9.17, 15) is 18.8 Å². The molecule has 2 aromatic carbocycles. The number of benzene rings is 2. The fourth-order valence-corrected chi connectivity index (χ4v) is 2.61. The molecule has 0 heterocycles. The van der Waals surface area contributed by atoms with Crippen molar-refractivity contribution in [2.24, 2.45) is 5.92 Å². The molecular formula is C22H25FN2O4. The molecule has 0 saturated heterocycles. The maximum atomic E-state index is 13.8. The second-order valence-electron chi connectivity index (χ2n) is 6.88. The minimum atomic E-state index is -1.02. The van der Waals surface area contributed by atoms with Crippen molar-refractivity contribution < 1.29 is 23.5 Å². The molecule has 29 heavy (non-hydrogen) atoms. The van der Waals surface area contributed by atoms with E-state index in [1.165, 1.54) is 18.2 Å². The van der Waals surface area contributed by atoms with E-state index >= 15 is 0 Å². The third kappa shape index (κ3) is 6.41. The number of nitrogens with one attached hydrogen (secondary N) is 2. The molecule has 1 atom stereocenters. The smallest absolute Gasteiger partial charge is 0.329 e. The van der Waals surface area contributed by atoms with E-state index in [4.69, 9.17) is 4.74 Å². The minimum absolute atomic E-state index is 0.167. The minimum Gasteiger partial charge on any atom is -0.454 e. The maximum Gasteiger partial charge on any atom is 0.329 e. The van der Waals surface area contributed by atoms with Crippen molar-refractivity contribution in [2.45, 2.75) is 33.2 Å². The van der Waals surface area contributed by atoms with Gasteiger partial charge in [-0.05, 0) is 42.2 Å². The molecule has 2 rings (SSSR count). The van der Waals surface area contributed by atoms with Crippen molar-refractivity contribution in [2.75, 3.05) is 11.9 Å². The van der Waals surface area contributed by atoms with Crippen LogP contribution in [0.15, 0.2) is 48.5 Å². The van der Waals surface area contributed by atoms with Crippen LogP contribution in [-0.4, -0.2) is 30.4 Å². The van der Waals surface area contributed by atoms with Crippen LogP contribution in [-0.2, 0) is 20.7 Å². The quantitative estimate of drug-likeness (QED) is 0.666. The fraction of sp³-hybridized carbons (Fsp3) is 0.318. The second-order valence-corrected chi connectivity index (χ2v) is 6.88. The van der Waals surface area contributed by atoms with E-state index in [2.05, 4.69) is 10.6 Å². The zero-order chi connectivity index (χ0) is 21.4. The summed E-state index contributed by atoms with van der Waals surface area (Å²) in [6.07, 6.45) is 0.890. The van der Waals surface area contributed by atoms with E-state index in [0.29, 0.717) is 5.69 Å². The Labute approximate surface area is 169 Å². The maximum absolute atomic E-state index is 13.8. The lowest BCUT2D eigenvalue weighted by Gasteiger charge is -2.21. The van der Waals surface area contributed by atoms with Crippen molar-refractivity contribution in [3.63, 3.8) is 0 Å². The Morgan fingerprint density at radius 1 is 1.03 bits per heavy atom. The van der Waals surface area contributed by atoms with E-state index < -0.39 is 36.2 Å². The summed E-state index contributed by atoms with van der Waals surface area (Å²) in [5.41, 5.74) is 1.57. The number of halogens is 1. The zero-order valence-electron chi connectivity index (χ0n) is 16.7. The third-order valence-electron chi connectivity index (χ3n) is 4.32. The Hall–Kier alpha value is -3.22. The highest BCUT2D eigenvalue weighted by Crippen LogP contribution is 2.11. The Morgan fingerprint density at radius 2 is 1.69 bits per heavy atom. The highest BCUT2D eigenvalue weighted by atomic mass is 19.1. The van der Waals surface area contributed by atoms with Gasteiger partial charge in [0.1, 0.15) is 11.9 Å². The van der Waals surface area contributed by atoms with E-state index in [0.717, 1.165) is 18.1 Å². The number of aryl methyl sites for hydroxylation is 1. The van der Waals surface area contributed by atoms with Crippen molar-refractivity contribution in [1.29, 1.82) is 0 Å². The largest absolute Gasteiger partial charge is 0.454 e. The molecule has 0 fully saturated rings. The van der Waals surface area contributed by atoms with Crippen LogP contribution < -0.4 is 10.6 Å². The van der Waals surface area contributed by atoms with Gasteiger partial charge in [0.25, 0.3) is 11.8 Å². The van der Waals surface area contributed by atoms with Gasteiger partial charge in [0.2, 0.25) is 0 Å². The molecule has 0 saturated carbocycles. The molecule has 154 valence electrons. The van der Waals surface area contributed by atoms with Crippen LogP contribution in [0.3, 0.4) is 0 Å². The number of carbonyl (C=O) groups excluding carboxylic acids is 3. The Bertz CT molecular complexity index is 865. The van der Waals surface area contributed by atoms with Crippen molar-refractivity contribution in [1.82, 2.24) is 5.32 Å². The van der Waals surface area contributed by atoms with Crippen LogP contribution in [0.1, 0.15) is 36.7 Å². The molecule has 7 heteroatoms. The van der Waals surface area contributed by atoms with Gasteiger partial charge < -0.3 is 15.4 Å². The normalized spacial score (nSPS) is 11.6. The molecule has 0 aromatic heterocycles. The first-order valence-corrected chi connectivity index (χ1v) is 9.42. The standard InChI is InChI=1S/C22H25FN2O4/c1-4-15-9-11-16(12-10-15)24-19(26)13-29-22(28)20(14(2)3)25-21(27)17-7-5-6-8-18(17)23/h5-12,14,20H,4,13H2,1-3H3,(H,24,26)(H,25,27)/t20-/m0/s1. The molecule has 2 N–H and O–H groups in total. The number of esters is 1. The van der Waals surface area contributed by atoms with Gasteiger partial charge in [-0.1, -0.05) is 45.0 Å². The Morgan fingerprint density at radius 3 is 2.28 bits per heavy atom. The summed E-state index contributed by atoms with van der Waals surface area (Å²) < 4.78 is 18.8. The predicted molar refractivity (Wildman–Crippen MR) is 108 cm³/mol. The lowest BCUT2D eigenvalue weighted by molar-refractivity contribution is -0.150. The number of rotatable bonds is 8. The first-order chi connectivity index (χ1) is 13.8. The van der Waals surface area contributed by atoms with Gasteiger partial charge in [0.05, 0.1) is 5.56 Å². The Kier molecular flexibility index (Phi) is 7.88. The summed E-state index contributed by atoms with van der Waals surface area (Å²) in [5.74, 6) is -2.98. The number of amides is 2. The van der Waals surface area contributed by atoms with Crippen LogP contribution in [0.5, 0.6) is 0 Å². The summed E-state index contributed by atoms with van der Waals surface area (Å²) in [6, 6.07) is 11.8. The van der Waals surface area contributed by atoms with Crippen LogP contribution in [0.4, 0.5) is 10.1 Å². The average molecular weight is 400 g/mol. The number of anilines is 1. The number of ether oxygens (including phenoxy) is 1. The first kappa shape index (κ1) is 22.1. The number of carbonyl (C=O) groups is 3. The van der Waals surface area contributed by atoms with E-state index in [1.54, 1.807) is 26.0 Å². The van der Waals surface area contributed by atoms with Crippen LogP contribution >= 0.6 is 0 Å². The highest BCUT2D eigenvalue weighted by Gasteiger charge is 2.27. The lowest BCUT2D eigenvalue weighted by atomic mass is 10.0. The highest BCUT2D eigenvalue weighted by molar-refractivity contribution is 5.97. The van der Waals surface area contributed by atoms with Gasteiger partial charge in [0.15, 0.2) is 6.61 Å². The molecule has 0 aliphatic rings. The molecular weight excluding hydrogens is 375 g/mol. The Balaban J connectivity index is 1.92. The van der Waals surface area contributed by atoms with Gasteiger partial charge >= 0.3 is 5.97 Å². The number of hydrogen-bond acceptors (Lipinski definition) is 4. The average Bonchev–Trinajstić information content (AvgIpc) is 2.70. The molecule has 0 aliphatic heterocycles. The molecule has 0 bridgehead atoms. The molecule has 0 unspecified atom stereocenters. The van der Waals surface area contributed by atoms with Crippen LogP contribution in [0.2, 0.25) is 0 Å². The monoisotopic (exact) mass is 400 g/mol. The first-order valence-electron chi connectivity index (χ1n) is 9.42. The van der Waals surface area contributed by atoms with Crippen LogP contribution in [0, 0.1) is 11.7 Å². The van der Waals surface area contributed by atoms with Crippen molar-refractivity contribution in [3.05, 3.63) is 65.5 Å². The summed E-state index contributed by atoms with van der Waals surface area (Å²) in [5, 5.41) is 5.11. The summed E-state index contributed by atoms with van der Waals surface area (Å²) in [7, 11) is 0. The molecule has 0 aliphatic carbocycles. The van der Waals surface area contributed by atoms with Crippen molar-refractivity contribution >= 4 is 23.5 Å². The predicted octanol–water partition coefficient (Wildman–Crippen LogP) is 3.32. The molecule has 0 radical (unpaired) electrons. The van der Waals surface area contributed by atoms with E-state index in [1.807, 2.05) is 19.1 Å². The van der Waals surface area contributed by atoms with Gasteiger partial charge in [0, 0.05) is 5.69 Å². The number of hydrogen-bond donors (Lipinski definition) is 2. The van der Waals surface area contributed by atoms with Gasteiger partial charge in [-0.2, -0.15) is 0 Å². The summed E-state index contributed by atoms with van der Waals surface area (Å²) >= 11 is 0. The van der Waals surface area contributed by atoms with E-state index in [-0.39, 0.29) is 11.5 Å². The summed E-state index contributed by atoms with van der Waals surface area (Å²) in [6.45, 7) is 4.96. The van der Waals surface area contributed by atoms with Gasteiger partial charge in [-0.3, -0.25) is 9.59 Å². The van der Waals surface area contributed by atoms with Gasteiger partial charge in [-0.15, -0.1) is 0 Å². The lowest BCUT2D eigenvalue weighted by Crippen LogP contribution is -2.46. The van der Waals surface area contributed by atoms with Gasteiger partial charge in [-0.25, -0.2) is 9.18 Å². The topological polar surface area (TPSA) is 84.5 Å². The molecule has 0 spiro atoms. The van der Waals surface area contributed by atoms with Crippen molar-refractivity contribution in [3.8, 4) is 0 Å². The zero-order valence-corrected chi connectivity index (χ0v) is 16.7. The molecule has 2 aromatic rings. The SMILES string of the molecule is CCc1ccc(NC(=O)COC(=O)[C@@H](NC(=O)c2ccccc2F)C(C)C)cc1. The molecule has 6 nitrogen and oxygen atoms in total.